The van der Waals surface area contributed by atoms with Crippen LogP contribution in [0.2, 0.25) is 5.02 Å². The van der Waals surface area contributed by atoms with Crippen molar-refractivity contribution in [3.05, 3.63) is 99.5 Å². The lowest BCUT2D eigenvalue weighted by atomic mass is 10.1. The third kappa shape index (κ3) is 5.52. The molecule has 0 aliphatic carbocycles. The average Bonchev–Trinajstić information content (AvgIpc) is 3.10. The van der Waals surface area contributed by atoms with Gasteiger partial charge in [-0.2, -0.15) is 0 Å². The second-order valence-corrected chi connectivity index (χ2v) is 9.24. The quantitative estimate of drug-likeness (QED) is 0.406. The molecule has 0 spiro atoms. The van der Waals surface area contributed by atoms with E-state index >= 15 is 0 Å². The van der Waals surface area contributed by atoms with E-state index in [0.29, 0.717) is 23.7 Å². The molecule has 1 saturated heterocycles. The molecular formula is C26H22BrClN2O3. The normalized spacial score (nSPS) is 15.7. The Bertz CT molecular complexity index is 1150. The van der Waals surface area contributed by atoms with Gasteiger partial charge in [-0.3, -0.25) is 14.4 Å². The molecule has 0 N–H and O–H groups in total. The number of amides is 3. The highest BCUT2D eigenvalue weighted by Crippen LogP contribution is 2.27. The third-order valence-electron chi connectivity index (χ3n) is 5.66. The van der Waals surface area contributed by atoms with Crippen molar-refractivity contribution < 1.29 is 14.4 Å². The fourth-order valence-corrected chi connectivity index (χ4v) is 4.34. The topological polar surface area (TPSA) is 57.7 Å². The first-order valence-corrected chi connectivity index (χ1v) is 11.8. The lowest BCUT2D eigenvalue weighted by Crippen LogP contribution is -2.47. The molecule has 7 heteroatoms. The van der Waals surface area contributed by atoms with Crippen LogP contribution in [0.5, 0.6) is 0 Å². The molecule has 33 heavy (non-hydrogen) atoms. The van der Waals surface area contributed by atoms with E-state index in [-0.39, 0.29) is 30.6 Å². The number of carbonyl (C=O) groups is 3. The summed E-state index contributed by atoms with van der Waals surface area (Å²) >= 11 is 9.33. The summed E-state index contributed by atoms with van der Waals surface area (Å²) in [5, 5.41) is 0.592. The first kappa shape index (κ1) is 23.2. The van der Waals surface area contributed by atoms with Gasteiger partial charge in [0.1, 0.15) is 6.04 Å². The molecule has 1 heterocycles. The molecule has 1 fully saturated rings. The van der Waals surface area contributed by atoms with Crippen molar-refractivity contribution in [3.63, 3.8) is 0 Å². The molecule has 1 aliphatic rings. The molecular weight excluding hydrogens is 504 g/mol. The van der Waals surface area contributed by atoms with Crippen LogP contribution in [0.1, 0.15) is 17.5 Å². The Labute approximate surface area is 206 Å². The Morgan fingerprint density at radius 2 is 1.61 bits per heavy atom. The minimum absolute atomic E-state index is 0.0317. The van der Waals surface area contributed by atoms with Gasteiger partial charge in [-0.15, -0.1) is 0 Å². The van der Waals surface area contributed by atoms with Crippen LogP contribution in [0, 0.1) is 0 Å². The number of benzene rings is 3. The smallest absolute Gasteiger partial charge is 0.257 e. The summed E-state index contributed by atoms with van der Waals surface area (Å²) in [4.78, 5) is 42.2. The lowest BCUT2D eigenvalue weighted by Gasteiger charge is -2.28. The van der Waals surface area contributed by atoms with E-state index in [4.69, 9.17) is 11.6 Å². The zero-order valence-corrected chi connectivity index (χ0v) is 20.1. The van der Waals surface area contributed by atoms with Gasteiger partial charge in [0.05, 0.1) is 18.5 Å². The largest absolute Gasteiger partial charge is 0.329 e. The molecule has 0 saturated carbocycles. The number of anilines is 1. The number of carbonyl (C=O) groups excluding carboxylic acids is 3. The van der Waals surface area contributed by atoms with Crippen LogP contribution in [0.4, 0.5) is 5.69 Å². The first-order valence-electron chi connectivity index (χ1n) is 10.6. The molecule has 3 aromatic rings. The van der Waals surface area contributed by atoms with Crippen LogP contribution < -0.4 is 4.90 Å². The van der Waals surface area contributed by atoms with Crippen LogP contribution in [-0.4, -0.2) is 35.2 Å². The summed E-state index contributed by atoms with van der Waals surface area (Å²) in [6, 6.07) is 23.0. The van der Waals surface area contributed by atoms with Crippen molar-refractivity contribution in [3.8, 4) is 0 Å². The SMILES string of the molecule is O=C1CC(N(CCc2ccccc2)C(=O)Cc2ccc(Cl)cc2)C(=O)N1c1ccc(Br)cc1. The lowest BCUT2D eigenvalue weighted by molar-refractivity contribution is -0.137. The fourth-order valence-electron chi connectivity index (χ4n) is 3.95. The Balaban J connectivity index is 1.58. The number of halogens is 2. The van der Waals surface area contributed by atoms with Crippen molar-refractivity contribution in [1.29, 1.82) is 0 Å². The van der Waals surface area contributed by atoms with Gasteiger partial charge in [0.15, 0.2) is 0 Å². The van der Waals surface area contributed by atoms with Crippen LogP contribution >= 0.6 is 27.5 Å². The molecule has 0 radical (unpaired) electrons. The van der Waals surface area contributed by atoms with Crippen molar-refractivity contribution >= 4 is 50.9 Å². The van der Waals surface area contributed by atoms with Crippen LogP contribution in [0.3, 0.4) is 0 Å². The maximum atomic E-state index is 13.4. The second-order valence-electron chi connectivity index (χ2n) is 7.89. The molecule has 1 aliphatic heterocycles. The predicted molar refractivity (Wildman–Crippen MR) is 132 cm³/mol. The summed E-state index contributed by atoms with van der Waals surface area (Å²) in [5.74, 6) is -0.881. The molecule has 5 nitrogen and oxygen atoms in total. The predicted octanol–water partition coefficient (Wildman–Crippen LogP) is 5.05. The van der Waals surface area contributed by atoms with Gasteiger partial charge in [0.2, 0.25) is 11.8 Å². The third-order valence-corrected chi connectivity index (χ3v) is 6.44. The molecule has 0 aromatic heterocycles. The first-order chi connectivity index (χ1) is 15.9. The molecule has 1 atom stereocenters. The Morgan fingerprint density at radius 3 is 2.27 bits per heavy atom. The van der Waals surface area contributed by atoms with E-state index in [1.165, 1.54) is 4.90 Å². The summed E-state index contributed by atoms with van der Waals surface area (Å²) in [6.07, 6.45) is 0.682. The number of imide groups is 1. The Kier molecular flexibility index (Phi) is 7.26. The highest BCUT2D eigenvalue weighted by Gasteiger charge is 2.44. The average molecular weight is 526 g/mol. The van der Waals surface area contributed by atoms with Gasteiger partial charge in [-0.1, -0.05) is 70.0 Å². The standard InChI is InChI=1S/C26H22BrClN2O3/c27-20-8-12-22(13-9-20)30-25(32)17-23(26(30)33)29(15-14-18-4-2-1-3-5-18)24(31)16-19-6-10-21(28)11-7-19/h1-13,23H,14-17H2. The van der Waals surface area contributed by atoms with Gasteiger partial charge in [0.25, 0.3) is 5.91 Å². The Hall–Kier alpha value is -2.96. The maximum absolute atomic E-state index is 13.4. The Morgan fingerprint density at radius 1 is 0.939 bits per heavy atom. The highest BCUT2D eigenvalue weighted by molar-refractivity contribution is 9.10. The number of nitrogens with zero attached hydrogens (tertiary/aromatic N) is 2. The van der Waals surface area contributed by atoms with Gasteiger partial charge in [-0.05, 0) is 53.9 Å². The minimum Gasteiger partial charge on any atom is -0.329 e. The van der Waals surface area contributed by atoms with Crippen LogP contribution in [0.15, 0.2) is 83.3 Å². The van der Waals surface area contributed by atoms with E-state index in [2.05, 4.69) is 15.9 Å². The van der Waals surface area contributed by atoms with Crippen molar-refractivity contribution in [2.24, 2.45) is 0 Å². The minimum atomic E-state index is -0.829. The fraction of sp³-hybridized carbons (Fsp3) is 0.192. The van der Waals surface area contributed by atoms with Crippen molar-refractivity contribution in [1.82, 2.24) is 4.90 Å². The van der Waals surface area contributed by atoms with Crippen LogP contribution in [0.25, 0.3) is 0 Å². The van der Waals surface area contributed by atoms with Crippen LogP contribution in [-0.2, 0) is 27.2 Å². The van der Waals surface area contributed by atoms with Crippen molar-refractivity contribution in [2.45, 2.75) is 25.3 Å². The highest BCUT2D eigenvalue weighted by atomic mass is 79.9. The van der Waals surface area contributed by atoms with Crippen molar-refractivity contribution in [2.75, 3.05) is 11.4 Å². The van der Waals surface area contributed by atoms with E-state index < -0.39 is 6.04 Å². The molecule has 3 amide bonds. The molecule has 4 rings (SSSR count). The molecule has 168 valence electrons. The van der Waals surface area contributed by atoms with E-state index in [1.807, 2.05) is 30.3 Å². The second kappa shape index (κ2) is 10.3. The number of hydrogen-bond acceptors (Lipinski definition) is 3. The molecule has 0 bridgehead atoms. The zero-order valence-electron chi connectivity index (χ0n) is 17.8. The summed E-state index contributed by atoms with van der Waals surface area (Å²) in [7, 11) is 0. The molecule has 1 unspecified atom stereocenters. The monoisotopic (exact) mass is 524 g/mol. The number of hydrogen-bond donors (Lipinski definition) is 0. The summed E-state index contributed by atoms with van der Waals surface area (Å²) < 4.78 is 0.851. The van der Waals surface area contributed by atoms with Gasteiger partial charge >= 0.3 is 0 Å². The maximum Gasteiger partial charge on any atom is 0.257 e. The van der Waals surface area contributed by atoms with Gasteiger partial charge < -0.3 is 4.90 Å². The van der Waals surface area contributed by atoms with E-state index in [1.54, 1.807) is 53.4 Å². The zero-order chi connectivity index (χ0) is 23.4. The van der Waals surface area contributed by atoms with Gasteiger partial charge in [0, 0.05) is 16.0 Å². The van der Waals surface area contributed by atoms with Gasteiger partial charge in [-0.25, -0.2) is 4.90 Å². The van der Waals surface area contributed by atoms with E-state index in [0.717, 1.165) is 15.6 Å². The van der Waals surface area contributed by atoms with E-state index in [9.17, 15) is 14.4 Å². The molecule has 3 aromatic carbocycles. The summed E-state index contributed by atoms with van der Waals surface area (Å²) in [5.41, 5.74) is 2.36. The number of rotatable bonds is 7. The summed E-state index contributed by atoms with van der Waals surface area (Å²) in [6.45, 7) is 0.342.